The fourth-order valence-corrected chi connectivity index (χ4v) is 0.128. The monoisotopic (exact) mass is 102 g/mol. The summed E-state index contributed by atoms with van der Waals surface area (Å²) in [6.45, 7) is 3.20. The summed E-state index contributed by atoms with van der Waals surface area (Å²) in [6.07, 6.45) is 0. The van der Waals surface area contributed by atoms with Crippen LogP contribution in [0.15, 0.2) is 29.5 Å². The fraction of sp³-hybridized carbons (Fsp3) is 0. The Labute approximate surface area is 46.7 Å². The Hall–Kier alpha value is -1.72. The quantitative estimate of drug-likeness (QED) is 0.187. The first kappa shape index (κ1) is 6.28. The van der Waals surface area contributed by atoms with Gasteiger partial charge in [-0.15, -0.1) is 4.79 Å². The van der Waals surface area contributed by atoms with Crippen LogP contribution in [0.4, 0.5) is 0 Å². The summed E-state index contributed by atoms with van der Waals surface area (Å²) in [4.78, 5) is 2.50. The lowest BCUT2D eigenvalue weighted by molar-refractivity contribution is 0.00819. The molecular weight excluding hydrogens is 100 g/mol. The molecule has 0 aliphatic heterocycles. The highest BCUT2D eigenvalue weighted by Crippen LogP contribution is 1.43. The van der Waals surface area contributed by atoms with E-state index in [1.807, 2.05) is 5.87 Å². The number of nitrogens with zero attached hydrogens (tertiary/aromatic N) is 2. The van der Waals surface area contributed by atoms with Crippen molar-refractivity contribution in [1.29, 1.82) is 0 Å². The van der Waals surface area contributed by atoms with Gasteiger partial charge < -0.3 is 5.53 Å². The van der Waals surface area contributed by atoms with Crippen molar-refractivity contribution in [1.82, 2.24) is 0 Å². The van der Waals surface area contributed by atoms with Crippen LogP contribution in [0.2, 0.25) is 0 Å². The van der Waals surface area contributed by atoms with Gasteiger partial charge in [0.25, 0.3) is 0 Å². The molecule has 0 saturated carbocycles. The van der Waals surface area contributed by atoms with Gasteiger partial charge in [-0.3, -0.25) is 0 Å². The van der Waals surface area contributed by atoms with Gasteiger partial charge in [-0.25, -0.2) is 0 Å². The molecule has 0 N–H and O–H groups in total. The van der Waals surface area contributed by atoms with Gasteiger partial charge in [0.2, 0.25) is 0 Å². The Morgan fingerprint density at radius 3 is 2.50 bits per heavy atom. The Kier molecular flexibility index (Phi) is 4.14. The highest BCUT2D eigenvalue weighted by molar-refractivity contribution is 5.42. The SMILES string of the molecule is C=C=C=C=C=C=[N+]=[N-]. The summed E-state index contributed by atoms with van der Waals surface area (Å²) in [6, 6.07) is 0. The molecule has 36 valence electrons. The zero-order valence-electron chi connectivity index (χ0n) is 4.10. The van der Waals surface area contributed by atoms with Gasteiger partial charge in [0.05, 0.1) is 5.73 Å². The van der Waals surface area contributed by atoms with Crippen molar-refractivity contribution in [3.63, 3.8) is 0 Å². The summed E-state index contributed by atoms with van der Waals surface area (Å²) in [5.41, 5.74) is 16.8. The molecule has 0 aromatic rings. The van der Waals surface area contributed by atoms with Gasteiger partial charge in [0, 0.05) is 5.73 Å². The van der Waals surface area contributed by atoms with Crippen molar-refractivity contribution in [3.05, 3.63) is 35.0 Å². The predicted octanol–water partition coefficient (Wildman–Crippen LogP) is 0.692. The van der Waals surface area contributed by atoms with Gasteiger partial charge in [0.15, 0.2) is 0 Å². The molecule has 0 aromatic carbocycles. The maximum absolute atomic E-state index is 7.71. The maximum atomic E-state index is 7.71. The Morgan fingerprint density at radius 2 is 2.00 bits per heavy atom. The molecular formula is C6H2N2. The first-order valence-electron chi connectivity index (χ1n) is 1.78. The smallest absolute Gasteiger partial charge is 0.348 e. The molecule has 8 heavy (non-hydrogen) atoms. The highest BCUT2D eigenvalue weighted by Gasteiger charge is 1.42. The Balaban J connectivity index is 5.06. The molecule has 0 aromatic heterocycles. The molecule has 0 aliphatic carbocycles. The van der Waals surface area contributed by atoms with E-state index in [-0.39, 0.29) is 0 Å². The summed E-state index contributed by atoms with van der Waals surface area (Å²) in [5, 5.41) is 0. The molecule has 2 nitrogen and oxygen atoms in total. The van der Waals surface area contributed by atoms with Crippen LogP contribution in [0.25, 0.3) is 5.53 Å². The van der Waals surface area contributed by atoms with Crippen molar-refractivity contribution in [2.45, 2.75) is 0 Å². The van der Waals surface area contributed by atoms with E-state index < -0.39 is 0 Å². The van der Waals surface area contributed by atoms with Crippen molar-refractivity contribution < 1.29 is 4.79 Å². The third kappa shape index (κ3) is 4.28. The molecule has 0 saturated heterocycles. The predicted molar refractivity (Wildman–Crippen MR) is 28.3 cm³/mol. The summed E-state index contributed by atoms with van der Waals surface area (Å²) >= 11 is 0. The molecule has 0 bridgehead atoms. The third-order valence-corrected chi connectivity index (χ3v) is 0.319. The van der Waals surface area contributed by atoms with E-state index in [1.54, 1.807) is 0 Å². The average Bonchev–Trinajstić information content (AvgIpc) is 1.81. The zero-order chi connectivity index (χ0) is 6.24. The van der Waals surface area contributed by atoms with E-state index in [2.05, 4.69) is 34.3 Å². The maximum Gasteiger partial charge on any atom is 0.363 e. The highest BCUT2D eigenvalue weighted by atomic mass is 14.8. The van der Waals surface area contributed by atoms with Crippen LogP contribution >= 0.6 is 0 Å². The van der Waals surface area contributed by atoms with Gasteiger partial charge in [0.1, 0.15) is 0 Å². The van der Waals surface area contributed by atoms with Gasteiger partial charge in [-0.1, -0.05) is 5.73 Å². The molecule has 0 aliphatic rings. The summed E-state index contributed by atoms with van der Waals surface area (Å²) in [5.74, 6) is 1.97. The molecule has 0 spiro atoms. The molecule has 0 unspecified atom stereocenters. The van der Waals surface area contributed by atoms with E-state index in [9.17, 15) is 0 Å². The van der Waals surface area contributed by atoms with Crippen LogP contribution in [0, 0.1) is 0 Å². The minimum Gasteiger partial charge on any atom is -0.348 e. The second-order valence-electron chi connectivity index (χ2n) is 0.764. The van der Waals surface area contributed by atoms with Crippen molar-refractivity contribution in [2.75, 3.05) is 0 Å². The lowest BCUT2D eigenvalue weighted by Crippen LogP contribution is -1.39. The van der Waals surface area contributed by atoms with Crippen molar-refractivity contribution in [3.8, 4) is 0 Å². The van der Waals surface area contributed by atoms with Gasteiger partial charge in [-0.05, 0) is 12.3 Å². The minimum atomic E-state index is 1.97. The van der Waals surface area contributed by atoms with E-state index in [4.69, 9.17) is 5.53 Å². The molecule has 0 rings (SSSR count). The van der Waals surface area contributed by atoms with Crippen LogP contribution < -0.4 is 0 Å². The molecule has 0 fully saturated rings. The largest absolute Gasteiger partial charge is 0.363 e. The van der Waals surface area contributed by atoms with Crippen molar-refractivity contribution >= 4 is 5.87 Å². The molecule has 2 heteroatoms. The van der Waals surface area contributed by atoms with Crippen LogP contribution in [-0.2, 0) is 0 Å². The summed E-state index contributed by atoms with van der Waals surface area (Å²) in [7, 11) is 0. The van der Waals surface area contributed by atoms with E-state index in [0.29, 0.717) is 0 Å². The normalized spacial score (nSPS) is 3.50. The van der Waals surface area contributed by atoms with E-state index in [0.717, 1.165) is 0 Å². The van der Waals surface area contributed by atoms with Crippen LogP contribution in [0.3, 0.4) is 0 Å². The number of rotatable bonds is 0. The van der Waals surface area contributed by atoms with Crippen LogP contribution in [-0.4, -0.2) is 10.7 Å². The fourth-order valence-electron chi connectivity index (χ4n) is 0.128. The van der Waals surface area contributed by atoms with E-state index in [1.165, 1.54) is 0 Å². The van der Waals surface area contributed by atoms with Crippen molar-refractivity contribution in [2.24, 2.45) is 0 Å². The molecule has 0 atom stereocenters. The Morgan fingerprint density at radius 1 is 1.25 bits per heavy atom. The van der Waals surface area contributed by atoms with Crippen LogP contribution in [0.5, 0.6) is 0 Å². The first-order valence-corrected chi connectivity index (χ1v) is 1.78. The molecule has 0 radical (unpaired) electrons. The molecule has 0 heterocycles. The Bertz CT molecular complexity index is 236. The third-order valence-electron chi connectivity index (χ3n) is 0.319. The second kappa shape index (κ2) is 5.28. The van der Waals surface area contributed by atoms with E-state index >= 15 is 0 Å². The number of hydrogen-bond acceptors (Lipinski definition) is 0. The average molecular weight is 102 g/mol. The second-order valence-corrected chi connectivity index (χ2v) is 0.764. The van der Waals surface area contributed by atoms with Gasteiger partial charge >= 0.3 is 5.87 Å². The first-order chi connectivity index (χ1) is 3.91. The standard InChI is InChI=1S/C6H2N2/c1-2-3-4-5-6-8-7/h1H2. The lowest BCUT2D eigenvalue weighted by atomic mass is 10.7. The van der Waals surface area contributed by atoms with Crippen LogP contribution in [0.1, 0.15) is 0 Å². The minimum absolute atomic E-state index is 1.97. The lowest BCUT2D eigenvalue weighted by Gasteiger charge is -1.30. The topological polar surface area (TPSA) is 36.4 Å². The number of hydrogen-bond donors (Lipinski definition) is 0. The zero-order valence-corrected chi connectivity index (χ0v) is 4.10. The van der Waals surface area contributed by atoms with Gasteiger partial charge in [-0.2, -0.15) is 0 Å². The molecule has 0 amide bonds. The summed E-state index contributed by atoms with van der Waals surface area (Å²) < 4.78 is 0.